The van der Waals surface area contributed by atoms with Crippen LogP contribution in [0, 0.1) is 0 Å². The van der Waals surface area contributed by atoms with E-state index in [4.69, 9.17) is 0 Å². The molecule has 0 saturated carbocycles. The molecule has 3 aromatic rings. The Balaban J connectivity index is 1.88. The Morgan fingerprint density at radius 2 is 1.71 bits per heavy atom. The number of nitrogens with one attached hydrogen (secondary N) is 1. The molecule has 0 unspecified atom stereocenters. The molecular weight excluding hydrogens is 264 g/mol. The molecule has 0 aliphatic rings. The number of rotatable bonds is 3. The molecule has 4 heteroatoms. The number of ether oxygens (including phenoxy) is 1. The molecule has 0 radical (unpaired) electrons. The monoisotopic (exact) mass is 278 g/mol. The fraction of sp³-hybridized carbons (Fsp3) is 0.0588. The van der Waals surface area contributed by atoms with Gasteiger partial charge in [0.25, 0.3) is 0 Å². The maximum absolute atomic E-state index is 11.4. The third-order valence-corrected chi connectivity index (χ3v) is 3.26. The number of methoxy groups -OCH3 is 1. The number of aromatic nitrogens is 2. The van der Waals surface area contributed by atoms with Crippen molar-refractivity contribution in [3.05, 3.63) is 66.2 Å². The Morgan fingerprint density at radius 3 is 2.38 bits per heavy atom. The van der Waals surface area contributed by atoms with Gasteiger partial charge >= 0.3 is 5.97 Å². The molecule has 0 amide bonds. The maximum atomic E-state index is 11.4. The van der Waals surface area contributed by atoms with E-state index < -0.39 is 0 Å². The smallest absolute Gasteiger partial charge is 0.337 e. The van der Waals surface area contributed by atoms with E-state index in [2.05, 4.69) is 14.9 Å². The van der Waals surface area contributed by atoms with E-state index in [1.54, 1.807) is 12.1 Å². The SMILES string of the molecule is COC(=O)c1ccc(-c2cc(-c3ccccc3)[nH]n2)cc1. The first-order valence-electron chi connectivity index (χ1n) is 6.57. The van der Waals surface area contributed by atoms with Crippen LogP contribution in [0.5, 0.6) is 0 Å². The van der Waals surface area contributed by atoms with Gasteiger partial charge in [-0.1, -0.05) is 42.5 Å². The maximum Gasteiger partial charge on any atom is 0.337 e. The predicted octanol–water partition coefficient (Wildman–Crippen LogP) is 3.53. The molecule has 1 aromatic heterocycles. The summed E-state index contributed by atoms with van der Waals surface area (Å²) >= 11 is 0. The molecule has 0 saturated heterocycles. The number of aromatic amines is 1. The van der Waals surface area contributed by atoms with E-state index in [0.29, 0.717) is 5.56 Å². The predicted molar refractivity (Wildman–Crippen MR) is 80.8 cm³/mol. The minimum Gasteiger partial charge on any atom is -0.465 e. The second-order valence-corrected chi connectivity index (χ2v) is 4.60. The molecule has 4 nitrogen and oxygen atoms in total. The summed E-state index contributed by atoms with van der Waals surface area (Å²) in [5.74, 6) is -0.339. The number of hydrogen-bond acceptors (Lipinski definition) is 3. The Bertz CT molecular complexity index is 746. The minimum atomic E-state index is -0.339. The molecule has 0 spiro atoms. The fourth-order valence-electron chi connectivity index (χ4n) is 2.13. The summed E-state index contributed by atoms with van der Waals surface area (Å²) in [6, 6.07) is 19.2. The number of esters is 1. The lowest BCUT2D eigenvalue weighted by Crippen LogP contribution is -2.00. The van der Waals surface area contributed by atoms with Gasteiger partial charge in [0.15, 0.2) is 0 Å². The van der Waals surface area contributed by atoms with Crippen LogP contribution in [0.1, 0.15) is 10.4 Å². The second kappa shape index (κ2) is 5.63. The van der Waals surface area contributed by atoms with Crippen molar-refractivity contribution in [2.24, 2.45) is 0 Å². The molecule has 0 fully saturated rings. The third kappa shape index (κ3) is 2.69. The molecule has 0 aliphatic heterocycles. The van der Waals surface area contributed by atoms with Crippen LogP contribution in [0.15, 0.2) is 60.7 Å². The first-order valence-corrected chi connectivity index (χ1v) is 6.57. The van der Waals surface area contributed by atoms with Crippen LogP contribution in [0.2, 0.25) is 0 Å². The first kappa shape index (κ1) is 13.1. The van der Waals surface area contributed by atoms with Crippen molar-refractivity contribution < 1.29 is 9.53 Å². The van der Waals surface area contributed by atoms with Crippen molar-refractivity contribution in [2.45, 2.75) is 0 Å². The van der Waals surface area contributed by atoms with Crippen molar-refractivity contribution in [3.8, 4) is 22.5 Å². The van der Waals surface area contributed by atoms with Crippen molar-refractivity contribution in [1.29, 1.82) is 0 Å². The van der Waals surface area contributed by atoms with Gasteiger partial charge in [-0.05, 0) is 23.8 Å². The summed E-state index contributed by atoms with van der Waals surface area (Å²) < 4.78 is 4.68. The highest BCUT2D eigenvalue weighted by atomic mass is 16.5. The number of nitrogens with zero attached hydrogens (tertiary/aromatic N) is 1. The normalized spacial score (nSPS) is 10.3. The molecule has 0 bridgehead atoms. The van der Waals surface area contributed by atoms with Crippen molar-refractivity contribution >= 4 is 5.97 Å². The molecule has 1 heterocycles. The number of hydrogen-bond donors (Lipinski definition) is 1. The molecule has 0 aliphatic carbocycles. The number of carbonyl (C=O) groups is 1. The molecular formula is C17H14N2O2. The van der Waals surface area contributed by atoms with E-state index in [-0.39, 0.29) is 5.97 Å². The van der Waals surface area contributed by atoms with Crippen LogP contribution in [0.25, 0.3) is 22.5 Å². The van der Waals surface area contributed by atoms with Gasteiger partial charge in [-0.25, -0.2) is 4.79 Å². The van der Waals surface area contributed by atoms with Gasteiger partial charge in [0.05, 0.1) is 24.1 Å². The second-order valence-electron chi connectivity index (χ2n) is 4.60. The summed E-state index contributed by atoms with van der Waals surface area (Å²) in [7, 11) is 1.37. The minimum absolute atomic E-state index is 0.339. The van der Waals surface area contributed by atoms with Gasteiger partial charge in [-0.2, -0.15) is 5.10 Å². The summed E-state index contributed by atoms with van der Waals surface area (Å²) in [6.45, 7) is 0. The molecule has 2 aromatic carbocycles. The highest BCUT2D eigenvalue weighted by Crippen LogP contribution is 2.23. The van der Waals surface area contributed by atoms with Crippen LogP contribution in [-0.2, 0) is 4.74 Å². The number of benzene rings is 2. The molecule has 1 N–H and O–H groups in total. The largest absolute Gasteiger partial charge is 0.465 e. The van der Waals surface area contributed by atoms with E-state index in [9.17, 15) is 4.79 Å². The topological polar surface area (TPSA) is 55.0 Å². The van der Waals surface area contributed by atoms with Crippen LogP contribution in [-0.4, -0.2) is 23.3 Å². The number of carbonyl (C=O) groups excluding carboxylic acids is 1. The average molecular weight is 278 g/mol. The van der Waals surface area contributed by atoms with E-state index in [1.165, 1.54) is 7.11 Å². The quantitative estimate of drug-likeness (QED) is 0.746. The van der Waals surface area contributed by atoms with Crippen molar-refractivity contribution in [3.63, 3.8) is 0 Å². The summed E-state index contributed by atoms with van der Waals surface area (Å²) in [5, 5.41) is 7.34. The van der Waals surface area contributed by atoms with Crippen LogP contribution in [0.4, 0.5) is 0 Å². The van der Waals surface area contributed by atoms with E-state index in [0.717, 1.165) is 22.5 Å². The van der Waals surface area contributed by atoms with Crippen molar-refractivity contribution in [2.75, 3.05) is 7.11 Å². The Hall–Kier alpha value is -2.88. The van der Waals surface area contributed by atoms with Gasteiger partial charge in [0.2, 0.25) is 0 Å². The van der Waals surface area contributed by atoms with Crippen LogP contribution in [0.3, 0.4) is 0 Å². The zero-order valence-electron chi connectivity index (χ0n) is 11.5. The van der Waals surface area contributed by atoms with Crippen LogP contribution >= 0.6 is 0 Å². The Kier molecular flexibility index (Phi) is 3.51. The summed E-state index contributed by atoms with van der Waals surface area (Å²) in [4.78, 5) is 11.4. The van der Waals surface area contributed by atoms with Gasteiger partial charge in [0, 0.05) is 5.56 Å². The summed E-state index contributed by atoms with van der Waals surface area (Å²) in [6.07, 6.45) is 0. The molecule has 21 heavy (non-hydrogen) atoms. The lowest BCUT2D eigenvalue weighted by molar-refractivity contribution is 0.0601. The zero-order valence-corrected chi connectivity index (χ0v) is 11.5. The van der Waals surface area contributed by atoms with E-state index >= 15 is 0 Å². The van der Waals surface area contributed by atoms with Gasteiger partial charge in [-0.15, -0.1) is 0 Å². The van der Waals surface area contributed by atoms with Gasteiger partial charge in [0.1, 0.15) is 0 Å². The van der Waals surface area contributed by atoms with E-state index in [1.807, 2.05) is 48.5 Å². The third-order valence-electron chi connectivity index (χ3n) is 3.26. The van der Waals surface area contributed by atoms with Gasteiger partial charge in [-0.3, -0.25) is 5.10 Å². The average Bonchev–Trinajstić information content (AvgIpc) is 3.05. The lowest BCUT2D eigenvalue weighted by Gasteiger charge is -2.00. The van der Waals surface area contributed by atoms with Gasteiger partial charge < -0.3 is 4.74 Å². The molecule has 104 valence electrons. The Morgan fingerprint density at radius 1 is 1.00 bits per heavy atom. The fourth-order valence-corrected chi connectivity index (χ4v) is 2.13. The zero-order chi connectivity index (χ0) is 14.7. The van der Waals surface area contributed by atoms with Crippen molar-refractivity contribution in [1.82, 2.24) is 10.2 Å². The molecule has 0 atom stereocenters. The molecule has 3 rings (SSSR count). The highest BCUT2D eigenvalue weighted by molar-refractivity contribution is 5.89. The van der Waals surface area contributed by atoms with Crippen LogP contribution < -0.4 is 0 Å². The first-order chi connectivity index (χ1) is 10.3. The number of H-pyrrole nitrogens is 1. The standard InChI is InChI=1S/C17H14N2O2/c1-21-17(20)14-9-7-13(8-10-14)16-11-15(18-19-16)12-5-3-2-4-6-12/h2-11H,1H3,(H,18,19). The highest BCUT2D eigenvalue weighted by Gasteiger charge is 2.08. The summed E-state index contributed by atoms with van der Waals surface area (Å²) in [5.41, 5.74) is 4.36. The Labute approximate surface area is 122 Å². The lowest BCUT2D eigenvalue weighted by atomic mass is 10.1.